The summed E-state index contributed by atoms with van der Waals surface area (Å²) in [5.41, 5.74) is 10.6. The predicted octanol–water partition coefficient (Wildman–Crippen LogP) is 11.2. The molecule has 0 saturated carbocycles. The van der Waals surface area contributed by atoms with Gasteiger partial charge in [0.25, 0.3) is 0 Å². The zero-order chi connectivity index (χ0) is 31.5. The standard InChI is InChI=1S/C44H31N3/c1-44(2)39-21-9-8-19-36(39)38-26-32-17-11-20-35(37(32)27-40(38)44)31-16-10-18-33(25-31)42-45-41(29-13-4-3-5-14-29)46-43(47-42)34-23-22-28-12-6-7-15-30(28)24-34/h3-27H,1-2H3. The molecule has 1 aliphatic carbocycles. The number of fused-ring (bicyclic) bond motifs is 5. The monoisotopic (exact) mass is 601 g/mol. The van der Waals surface area contributed by atoms with Gasteiger partial charge in [0.2, 0.25) is 0 Å². The third-order valence-corrected chi connectivity index (χ3v) is 9.69. The normalized spacial score (nSPS) is 13.1. The summed E-state index contributed by atoms with van der Waals surface area (Å²) < 4.78 is 0. The van der Waals surface area contributed by atoms with Crippen LogP contribution in [0, 0.1) is 0 Å². The Bertz CT molecular complexity index is 2490. The van der Waals surface area contributed by atoms with E-state index in [1.54, 1.807) is 0 Å². The highest BCUT2D eigenvalue weighted by molar-refractivity contribution is 6.02. The molecule has 47 heavy (non-hydrogen) atoms. The maximum atomic E-state index is 5.07. The van der Waals surface area contributed by atoms with Crippen LogP contribution in [0.2, 0.25) is 0 Å². The Morgan fingerprint density at radius 1 is 0.362 bits per heavy atom. The van der Waals surface area contributed by atoms with Crippen molar-refractivity contribution in [1.29, 1.82) is 0 Å². The summed E-state index contributed by atoms with van der Waals surface area (Å²) in [6.07, 6.45) is 0. The van der Waals surface area contributed by atoms with Gasteiger partial charge in [-0.05, 0) is 79.2 Å². The van der Waals surface area contributed by atoms with Gasteiger partial charge in [-0.15, -0.1) is 0 Å². The summed E-state index contributed by atoms with van der Waals surface area (Å²) in [5.74, 6) is 1.97. The second kappa shape index (κ2) is 10.6. The average Bonchev–Trinajstić information content (AvgIpc) is 3.35. The van der Waals surface area contributed by atoms with Gasteiger partial charge in [0.1, 0.15) is 0 Å². The van der Waals surface area contributed by atoms with E-state index in [0.717, 1.165) is 27.6 Å². The Balaban J connectivity index is 1.19. The zero-order valence-corrected chi connectivity index (χ0v) is 26.3. The second-order valence-electron chi connectivity index (χ2n) is 12.9. The van der Waals surface area contributed by atoms with E-state index in [1.807, 2.05) is 30.3 Å². The Kier molecular flexibility index (Phi) is 6.16. The van der Waals surface area contributed by atoms with Gasteiger partial charge in [-0.3, -0.25) is 0 Å². The highest BCUT2D eigenvalue weighted by atomic mass is 15.0. The third kappa shape index (κ3) is 4.54. The van der Waals surface area contributed by atoms with Crippen LogP contribution in [0.25, 0.3) is 78.0 Å². The van der Waals surface area contributed by atoms with Gasteiger partial charge in [-0.1, -0.05) is 141 Å². The Hall–Kier alpha value is -5.93. The van der Waals surface area contributed by atoms with Gasteiger partial charge in [-0.25, -0.2) is 15.0 Å². The first-order chi connectivity index (χ1) is 23.0. The summed E-state index contributed by atoms with van der Waals surface area (Å²) >= 11 is 0. The first-order valence-corrected chi connectivity index (χ1v) is 16.1. The molecule has 0 fully saturated rings. The molecular formula is C44H31N3. The van der Waals surface area contributed by atoms with Gasteiger partial charge in [0.15, 0.2) is 17.5 Å². The minimum atomic E-state index is -0.0625. The van der Waals surface area contributed by atoms with Crippen molar-refractivity contribution in [3.05, 3.63) is 163 Å². The number of hydrogen-bond donors (Lipinski definition) is 0. The summed E-state index contributed by atoms with van der Waals surface area (Å²) in [4.78, 5) is 15.1. The molecule has 0 aliphatic heterocycles. The van der Waals surface area contributed by atoms with Crippen molar-refractivity contribution in [2.24, 2.45) is 0 Å². The molecule has 0 bridgehead atoms. The van der Waals surface area contributed by atoms with Crippen LogP contribution in [-0.4, -0.2) is 15.0 Å². The minimum absolute atomic E-state index is 0.0625. The van der Waals surface area contributed by atoms with Crippen LogP contribution < -0.4 is 0 Å². The largest absolute Gasteiger partial charge is 0.208 e. The molecule has 7 aromatic carbocycles. The van der Waals surface area contributed by atoms with Crippen molar-refractivity contribution in [1.82, 2.24) is 15.0 Å². The van der Waals surface area contributed by atoms with Crippen LogP contribution >= 0.6 is 0 Å². The zero-order valence-electron chi connectivity index (χ0n) is 26.3. The number of hydrogen-bond acceptors (Lipinski definition) is 3. The first kappa shape index (κ1) is 27.4. The van der Waals surface area contributed by atoms with Gasteiger partial charge in [-0.2, -0.15) is 0 Å². The molecule has 9 rings (SSSR count). The molecule has 0 unspecified atom stereocenters. The van der Waals surface area contributed by atoms with Crippen LogP contribution in [0.5, 0.6) is 0 Å². The molecular weight excluding hydrogens is 571 g/mol. The van der Waals surface area contributed by atoms with E-state index < -0.39 is 0 Å². The van der Waals surface area contributed by atoms with Crippen LogP contribution in [0.15, 0.2) is 152 Å². The predicted molar refractivity (Wildman–Crippen MR) is 194 cm³/mol. The van der Waals surface area contributed by atoms with Crippen LogP contribution in [0.4, 0.5) is 0 Å². The van der Waals surface area contributed by atoms with Crippen molar-refractivity contribution < 1.29 is 0 Å². The lowest BCUT2D eigenvalue weighted by Gasteiger charge is -2.22. The molecule has 0 amide bonds. The van der Waals surface area contributed by atoms with E-state index in [9.17, 15) is 0 Å². The average molecular weight is 602 g/mol. The fraction of sp³-hybridized carbons (Fsp3) is 0.0682. The van der Waals surface area contributed by atoms with Gasteiger partial charge in [0.05, 0.1) is 0 Å². The molecule has 222 valence electrons. The molecule has 0 atom stereocenters. The van der Waals surface area contributed by atoms with Crippen LogP contribution in [-0.2, 0) is 5.41 Å². The lowest BCUT2D eigenvalue weighted by atomic mass is 9.81. The van der Waals surface area contributed by atoms with E-state index >= 15 is 0 Å². The molecule has 1 aromatic heterocycles. The lowest BCUT2D eigenvalue weighted by Crippen LogP contribution is -2.14. The van der Waals surface area contributed by atoms with Crippen molar-refractivity contribution in [3.8, 4) is 56.4 Å². The molecule has 3 heteroatoms. The summed E-state index contributed by atoms with van der Waals surface area (Å²) in [5, 5.41) is 4.84. The molecule has 0 saturated heterocycles. The van der Waals surface area contributed by atoms with Crippen molar-refractivity contribution in [2.45, 2.75) is 19.3 Å². The van der Waals surface area contributed by atoms with Gasteiger partial charge >= 0.3 is 0 Å². The molecule has 1 aliphatic rings. The van der Waals surface area contributed by atoms with Crippen molar-refractivity contribution in [2.75, 3.05) is 0 Å². The van der Waals surface area contributed by atoms with Gasteiger partial charge in [0, 0.05) is 22.1 Å². The van der Waals surface area contributed by atoms with Crippen LogP contribution in [0.3, 0.4) is 0 Å². The molecule has 0 radical (unpaired) electrons. The number of rotatable bonds is 4. The highest BCUT2D eigenvalue weighted by Crippen LogP contribution is 2.50. The van der Waals surface area contributed by atoms with Crippen molar-refractivity contribution in [3.63, 3.8) is 0 Å². The molecule has 3 nitrogen and oxygen atoms in total. The van der Waals surface area contributed by atoms with E-state index in [2.05, 4.69) is 135 Å². The SMILES string of the molecule is CC1(C)c2ccccc2-c2cc3cccc(-c4cccc(-c5nc(-c6ccccc6)nc(-c6ccc7ccccc7c6)n5)c4)c3cc21. The first-order valence-electron chi connectivity index (χ1n) is 16.1. The van der Waals surface area contributed by atoms with E-state index in [-0.39, 0.29) is 5.41 Å². The summed E-state index contributed by atoms with van der Waals surface area (Å²) in [6.45, 7) is 4.68. The van der Waals surface area contributed by atoms with Crippen molar-refractivity contribution >= 4 is 21.5 Å². The number of aromatic nitrogens is 3. The quantitative estimate of drug-likeness (QED) is 0.201. The second-order valence-corrected chi connectivity index (χ2v) is 12.9. The fourth-order valence-electron chi connectivity index (χ4n) is 7.23. The molecule has 0 N–H and O–H groups in total. The highest BCUT2D eigenvalue weighted by Gasteiger charge is 2.35. The summed E-state index contributed by atoms with van der Waals surface area (Å²) in [6, 6.07) is 53.8. The van der Waals surface area contributed by atoms with E-state index in [1.165, 1.54) is 44.0 Å². The molecule has 1 heterocycles. The Morgan fingerprint density at radius 2 is 0.957 bits per heavy atom. The maximum absolute atomic E-state index is 5.07. The number of nitrogens with zero attached hydrogens (tertiary/aromatic N) is 3. The summed E-state index contributed by atoms with van der Waals surface area (Å²) in [7, 11) is 0. The minimum Gasteiger partial charge on any atom is -0.208 e. The molecule has 0 spiro atoms. The third-order valence-electron chi connectivity index (χ3n) is 9.69. The maximum Gasteiger partial charge on any atom is 0.164 e. The van der Waals surface area contributed by atoms with Crippen LogP contribution in [0.1, 0.15) is 25.0 Å². The molecule has 8 aromatic rings. The smallest absolute Gasteiger partial charge is 0.164 e. The van der Waals surface area contributed by atoms with E-state index in [4.69, 9.17) is 15.0 Å². The fourth-order valence-corrected chi connectivity index (χ4v) is 7.23. The lowest BCUT2D eigenvalue weighted by molar-refractivity contribution is 0.661. The van der Waals surface area contributed by atoms with Gasteiger partial charge < -0.3 is 0 Å². The Morgan fingerprint density at radius 3 is 1.79 bits per heavy atom. The Labute approximate surface area is 274 Å². The van der Waals surface area contributed by atoms with E-state index in [0.29, 0.717) is 17.5 Å². The topological polar surface area (TPSA) is 38.7 Å². The number of benzene rings is 7.